The van der Waals surface area contributed by atoms with Crippen LogP contribution in [-0.2, 0) is 31.8 Å². The molecule has 0 bridgehead atoms. The highest BCUT2D eigenvalue weighted by Gasteiger charge is 2.44. The largest absolute Gasteiger partial charge is 0.422 e. The Morgan fingerprint density at radius 1 is 0.576 bits per heavy atom. The summed E-state index contributed by atoms with van der Waals surface area (Å²) in [6.07, 6.45) is 4.20. The summed E-state index contributed by atoms with van der Waals surface area (Å²) in [6, 6.07) is 20.1. The Hall–Kier alpha value is -6.25. The lowest BCUT2D eigenvalue weighted by Crippen LogP contribution is -2.44. The molecule has 3 N–H and O–H groups in total. The first-order chi connectivity index (χ1) is 31.1. The normalized spacial score (nSPS) is 18.9. The number of aromatic nitrogens is 4. The quantitative estimate of drug-likeness (QED) is 0.113. The Labute approximate surface area is 382 Å². The topological polar surface area (TPSA) is 179 Å². The van der Waals surface area contributed by atoms with Gasteiger partial charge in [0.05, 0.1) is 27.0 Å². The first kappa shape index (κ1) is 42.4. The molecule has 8 heterocycles. The third kappa shape index (κ3) is 6.61. The van der Waals surface area contributed by atoms with Crippen LogP contribution in [0.3, 0.4) is 0 Å². The molecule has 0 saturated heterocycles. The maximum Gasteiger partial charge on any atom is 0.347 e. The smallest absolute Gasteiger partial charge is 0.347 e. The molecule has 0 unspecified atom stereocenters. The minimum atomic E-state index is -4.36. The van der Waals surface area contributed by atoms with Crippen LogP contribution >= 0.6 is 0 Å². The number of para-hydroxylation sites is 2. The molecule has 4 aromatic carbocycles. The van der Waals surface area contributed by atoms with Gasteiger partial charge in [-0.3, -0.25) is 4.55 Å². The molecule has 4 aliphatic heterocycles. The van der Waals surface area contributed by atoms with Crippen molar-refractivity contribution in [1.82, 2.24) is 19.9 Å². The lowest BCUT2D eigenvalue weighted by Gasteiger charge is -2.48. The van der Waals surface area contributed by atoms with E-state index in [1.807, 2.05) is 36.4 Å². The van der Waals surface area contributed by atoms with E-state index in [9.17, 15) is 22.6 Å². The van der Waals surface area contributed by atoms with Gasteiger partial charge < -0.3 is 28.6 Å². The molecule has 14 heteroatoms. The minimum absolute atomic E-state index is 0.00988. The molecule has 13 nitrogen and oxygen atoms in total. The summed E-state index contributed by atoms with van der Waals surface area (Å²) in [5.41, 5.74) is 11.2. The van der Waals surface area contributed by atoms with Gasteiger partial charge in [-0.25, -0.2) is 19.6 Å². The predicted molar refractivity (Wildman–Crippen MR) is 260 cm³/mol. The molecule has 0 fully saturated rings. The molecule has 0 spiro atoms. The van der Waals surface area contributed by atoms with Crippen LogP contribution in [-0.4, -0.2) is 59.1 Å². The number of H-pyrrole nitrogens is 2. The van der Waals surface area contributed by atoms with Gasteiger partial charge >= 0.3 is 11.3 Å². The summed E-state index contributed by atoms with van der Waals surface area (Å²) in [4.78, 5) is 46.5. The van der Waals surface area contributed by atoms with Gasteiger partial charge in [-0.1, -0.05) is 67.5 Å². The zero-order chi connectivity index (χ0) is 46.5. The van der Waals surface area contributed by atoms with Crippen LogP contribution in [0, 0.1) is 0 Å². The third-order valence-electron chi connectivity index (χ3n) is 15.1. The van der Waals surface area contributed by atoms with Crippen molar-refractivity contribution in [3.05, 3.63) is 110 Å². The third-order valence-corrected chi connectivity index (χ3v) is 16.0. The summed E-state index contributed by atoms with van der Waals surface area (Å²) >= 11 is 0. The molecule has 0 radical (unpaired) electrons. The first-order valence-electron chi connectivity index (χ1n) is 22.8. The number of rotatable bonds is 3. The van der Waals surface area contributed by atoms with Crippen LogP contribution in [0.25, 0.3) is 66.8 Å². The number of benzene rings is 4. The number of hydrogen-bond acceptors (Lipinski definition) is 10. The lowest BCUT2D eigenvalue weighted by molar-refractivity contribution is 0.398. The van der Waals surface area contributed by atoms with E-state index in [1.165, 1.54) is 46.3 Å². The summed E-state index contributed by atoms with van der Waals surface area (Å²) in [5, 5.41) is 1.83. The van der Waals surface area contributed by atoms with Crippen LogP contribution in [0.15, 0.2) is 90.0 Å². The second-order valence-electron chi connectivity index (χ2n) is 21.4. The van der Waals surface area contributed by atoms with Gasteiger partial charge in [0.15, 0.2) is 0 Å². The van der Waals surface area contributed by atoms with Crippen molar-refractivity contribution in [2.45, 2.75) is 108 Å². The fourth-order valence-electron chi connectivity index (χ4n) is 11.0. The van der Waals surface area contributed by atoms with Gasteiger partial charge in [0.1, 0.15) is 33.9 Å². The zero-order valence-electron chi connectivity index (χ0n) is 38.6. The molecule has 340 valence electrons. The molecular weight excluding hydrogens is 853 g/mol. The highest BCUT2D eigenvalue weighted by Crippen LogP contribution is 2.53. The molecule has 66 heavy (non-hydrogen) atoms. The van der Waals surface area contributed by atoms with Crippen molar-refractivity contribution in [3.8, 4) is 22.8 Å². The van der Waals surface area contributed by atoms with Gasteiger partial charge in [0.25, 0.3) is 10.1 Å². The molecule has 4 aliphatic rings. The molecule has 0 amide bonds. The van der Waals surface area contributed by atoms with Crippen molar-refractivity contribution in [2.75, 3.05) is 36.0 Å². The minimum Gasteiger partial charge on any atom is -0.422 e. The highest BCUT2D eigenvalue weighted by molar-refractivity contribution is 7.85. The standard InChI is InChI=1S/C26H27N3O5S.C26H27N3O2/c1-25(2)7-9-29-10-8-26(3,4)20-21(29)17(25)12-14-11-16(24(30)34-22(14)20)23-27-18-6-5-15(35(31,32)33)13-19(18)28-23;1-25(2)9-11-29-12-10-26(3,4)20-21(29)17(25)14-15-13-16(24(30)31-22(15)20)23-27-18-7-5-6-8-19(18)28-23/h5-6,11-13H,7-10H2,1-4H3,(H,27,28)(H,31,32,33);5-8,13-14H,9-12H2,1-4H3,(H,27,28). The number of fused-ring (bicyclic) bond motifs is 6. The van der Waals surface area contributed by atoms with E-state index in [1.54, 1.807) is 0 Å². The second-order valence-corrected chi connectivity index (χ2v) is 22.8. The monoisotopic (exact) mass is 906 g/mol. The first-order valence-corrected chi connectivity index (χ1v) is 24.3. The number of imidazole rings is 2. The summed E-state index contributed by atoms with van der Waals surface area (Å²) < 4.78 is 44.5. The van der Waals surface area contributed by atoms with E-state index in [-0.39, 0.29) is 43.6 Å². The fourth-order valence-corrected chi connectivity index (χ4v) is 11.5. The van der Waals surface area contributed by atoms with Gasteiger partial charge in [0.2, 0.25) is 0 Å². The van der Waals surface area contributed by atoms with E-state index in [0.717, 1.165) is 84.8 Å². The fraction of sp³-hybridized carbons (Fsp3) is 0.385. The Morgan fingerprint density at radius 2 is 1.02 bits per heavy atom. The molecule has 12 rings (SSSR count). The maximum atomic E-state index is 13.2. The Morgan fingerprint density at radius 3 is 1.48 bits per heavy atom. The van der Waals surface area contributed by atoms with E-state index in [4.69, 9.17) is 8.83 Å². The number of nitrogens with zero attached hydrogens (tertiary/aromatic N) is 4. The summed E-state index contributed by atoms with van der Waals surface area (Å²) in [7, 11) is -4.36. The Kier molecular flexibility index (Phi) is 9.08. The van der Waals surface area contributed by atoms with Crippen LogP contribution in [0.5, 0.6) is 0 Å². The van der Waals surface area contributed by atoms with Crippen molar-refractivity contribution in [3.63, 3.8) is 0 Å². The van der Waals surface area contributed by atoms with Crippen molar-refractivity contribution in [2.24, 2.45) is 0 Å². The molecule has 0 aliphatic carbocycles. The molecule has 8 aromatic rings. The van der Waals surface area contributed by atoms with Gasteiger partial charge in [-0.15, -0.1) is 0 Å². The number of nitrogens with one attached hydrogen (secondary N) is 2. The highest BCUT2D eigenvalue weighted by atomic mass is 32.2. The van der Waals surface area contributed by atoms with Gasteiger partial charge in [-0.05, 0) is 113 Å². The molecular formula is C52H54N6O7S. The number of hydrogen-bond donors (Lipinski definition) is 3. The second kappa shape index (κ2) is 14.1. The number of anilines is 2. The molecule has 4 aromatic heterocycles. The average molecular weight is 907 g/mol. The maximum absolute atomic E-state index is 13.2. The molecule has 0 atom stereocenters. The average Bonchev–Trinajstić information content (AvgIpc) is 3.88. The van der Waals surface area contributed by atoms with Gasteiger partial charge in [0, 0.05) is 59.5 Å². The van der Waals surface area contributed by atoms with Crippen LogP contribution < -0.4 is 21.1 Å². The van der Waals surface area contributed by atoms with E-state index >= 15 is 0 Å². The lowest BCUT2D eigenvalue weighted by atomic mass is 9.69. The van der Waals surface area contributed by atoms with Gasteiger partial charge in [-0.2, -0.15) is 8.42 Å². The SMILES string of the molecule is CC1(C)CCN2CCC(C)(C)c3c2c1cc1cc(-c2nc4ccc(S(=O)(=O)O)cc4[nH]2)c(=O)oc31.CC1(C)CCN2CCC(C)(C)c3c2c1cc1cc(-c2nc4ccccc4[nH]2)c(=O)oc31. The molecule has 0 saturated carbocycles. The Balaban J connectivity index is 0.000000147. The Bertz CT molecular complexity index is 3570. The van der Waals surface area contributed by atoms with Crippen molar-refractivity contribution < 1.29 is 21.8 Å². The van der Waals surface area contributed by atoms with E-state index in [0.29, 0.717) is 28.0 Å². The van der Waals surface area contributed by atoms with Crippen molar-refractivity contribution >= 4 is 65.5 Å². The van der Waals surface area contributed by atoms with Crippen molar-refractivity contribution in [1.29, 1.82) is 0 Å². The van der Waals surface area contributed by atoms with Crippen LogP contribution in [0.2, 0.25) is 0 Å². The van der Waals surface area contributed by atoms with E-state index in [2.05, 4.69) is 97.3 Å². The summed E-state index contributed by atoms with van der Waals surface area (Å²) in [6.45, 7) is 22.2. The zero-order valence-corrected chi connectivity index (χ0v) is 39.4. The number of aromatic amines is 2. The summed E-state index contributed by atoms with van der Waals surface area (Å²) in [5.74, 6) is 0.845. The predicted octanol–water partition coefficient (Wildman–Crippen LogP) is 10.3. The van der Waals surface area contributed by atoms with Crippen LogP contribution in [0.4, 0.5) is 11.4 Å². The van der Waals surface area contributed by atoms with Crippen LogP contribution in [0.1, 0.15) is 103 Å². The van der Waals surface area contributed by atoms with E-state index < -0.39 is 15.7 Å².